The molecular weight excluding hydrogens is 278 g/mol. The van der Waals surface area contributed by atoms with Gasteiger partial charge in [-0.25, -0.2) is 0 Å². The van der Waals surface area contributed by atoms with Gasteiger partial charge in [-0.3, -0.25) is 4.79 Å². The van der Waals surface area contributed by atoms with Crippen LogP contribution in [0.15, 0.2) is 34.7 Å². The van der Waals surface area contributed by atoms with E-state index in [0.29, 0.717) is 5.76 Å². The van der Waals surface area contributed by atoms with Crippen molar-refractivity contribution in [1.29, 1.82) is 0 Å². The van der Waals surface area contributed by atoms with Crippen molar-refractivity contribution in [1.82, 2.24) is 5.32 Å². The lowest BCUT2D eigenvalue weighted by Crippen LogP contribution is -2.41. The summed E-state index contributed by atoms with van der Waals surface area (Å²) in [6.45, 7) is 8.02. The van der Waals surface area contributed by atoms with E-state index in [1.54, 1.807) is 0 Å². The molecule has 2 atom stereocenters. The molecule has 1 amide bonds. The number of furan rings is 1. The molecule has 0 fully saturated rings. The molecule has 1 heterocycles. The minimum Gasteiger partial charge on any atom is -0.460 e. The maximum absolute atomic E-state index is 12.4. The molecule has 0 bridgehead atoms. The van der Waals surface area contributed by atoms with Crippen LogP contribution in [0.3, 0.4) is 0 Å². The second-order valence-electron chi connectivity index (χ2n) is 7.06. The van der Waals surface area contributed by atoms with Crippen LogP contribution in [0.25, 0.3) is 11.0 Å². The lowest BCUT2D eigenvalue weighted by Gasteiger charge is -2.26. The minimum atomic E-state index is -0.388. The fourth-order valence-corrected chi connectivity index (χ4v) is 2.57. The van der Waals surface area contributed by atoms with Gasteiger partial charge in [0.15, 0.2) is 0 Å². The summed E-state index contributed by atoms with van der Waals surface area (Å²) in [6.07, 6.45) is 0.724. The van der Waals surface area contributed by atoms with E-state index in [0.717, 1.165) is 17.4 Å². The predicted molar refractivity (Wildman–Crippen MR) is 87.7 cm³/mol. The molecule has 2 aromatic rings. The van der Waals surface area contributed by atoms with Crippen LogP contribution < -0.4 is 5.32 Å². The molecular formula is C18H25NO3. The molecule has 22 heavy (non-hydrogen) atoms. The van der Waals surface area contributed by atoms with Gasteiger partial charge in [-0.1, -0.05) is 39.0 Å². The Balaban J connectivity index is 2.07. The molecule has 0 aliphatic rings. The SMILES string of the molecule is CC(C(=O)NC(CO)CC(C)(C)C)c1cc2ccccc2o1. The average Bonchev–Trinajstić information content (AvgIpc) is 2.87. The van der Waals surface area contributed by atoms with E-state index in [1.807, 2.05) is 37.3 Å². The zero-order chi connectivity index (χ0) is 16.3. The Morgan fingerprint density at radius 3 is 2.59 bits per heavy atom. The lowest BCUT2D eigenvalue weighted by atomic mass is 9.88. The molecule has 1 aromatic heterocycles. The number of carbonyl (C=O) groups excluding carboxylic acids is 1. The van der Waals surface area contributed by atoms with E-state index in [4.69, 9.17) is 4.42 Å². The van der Waals surface area contributed by atoms with Gasteiger partial charge in [0.2, 0.25) is 5.91 Å². The van der Waals surface area contributed by atoms with Crippen LogP contribution in [-0.2, 0) is 4.79 Å². The van der Waals surface area contributed by atoms with Crippen LogP contribution in [0, 0.1) is 5.41 Å². The van der Waals surface area contributed by atoms with Crippen molar-refractivity contribution in [3.63, 3.8) is 0 Å². The summed E-state index contributed by atoms with van der Waals surface area (Å²) in [5, 5.41) is 13.4. The number of rotatable bonds is 5. The Kier molecular flexibility index (Phi) is 4.91. The lowest BCUT2D eigenvalue weighted by molar-refractivity contribution is -0.123. The first-order valence-corrected chi connectivity index (χ1v) is 7.70. The average molecular weight is 303 g/mol. The van der Waals surface area contributed by atoms with Crippen LogP contribution in [0.1, 0.15) is 45.8 Å². The standard InChI is InChI=1S/C18H25NO3/c1-12(16-9-13-7-5-6-8-15(13)22-16)17(21)19-14(11-20)10-18(2,3)4/h5-9,12,14,20H,10-11H2,1-4H3,(H,19,21). The van der Waals surface area contributed by atoms with Crippen LogP contribution in [0.4, 0.5) is 0 Å². The Hall–Kier alpha value is -1.81. The highest BCUT2D eigenvalue weighted by atomic mass is 16.3. The van der Waals surface area contributed by atoms with E-state index in [-0.39, 0.29) is 29.9 Å². The second-order valence-corrected chi connectivity index (χ2v) is 7.06. The molecule has 0 radical (unpaired) electrons. The van der Waals surface area contributed by atoms with Crippen LogP contribution >= 0.6 is 0 Å². The van der Waals surface area contributed by atoms with E-state index < -0.39 is 0 Å². The van der Waals surface area contributed by atoms with E-state index in [9.17, 15) is 9.90 Å². The molecule has 4 nitrogen and oxygen atoms in total. The Morgan fingerprint density at radius 2 is 2.00 bits per heavy atom. The van der Waals surface area contributed by atoms with Crippen molar-refractivity contribution >= 4 is 16.9 Å². The van der Waals surface area contributed by atoms with Gasteiger partial charge in [0.25, 0.3) is 0 Å². The summed E-state index contributed by atoms with van der Waals surface area (Å²) in [5.74, 6) is 0.134. The summed E-state index contributed by atoms with van der Waals surface area (Å²) < 4.78 is 5.74. The third kappa shape index (κ3) is 4.10. The van der Waals surface area contributed by atoms with Crippen molar-refractivity contribution in [2.45, 2.75) is 46.1 Å². The second kappa shape index (κ2) is 6.53. The third-order valence-electron chi connectivity index (χ3n) is 3.69. The number of carbonyl (C=O) groups is 1. The van der Waals surface area contributed by atoms with Gasteiger partial charge in [0, 0.05) is 5.39 Å². The summed E-state index contributed by atoms with van der Waals surface area (Å²) in [7, 11) is 0. The number of nitrogens with one attached hydrogen (secondary N) is 1. The summed E-state index contributed by atoms with van der Waals surface area (Å²) >= 11 is 0. The van der Waals surface area contributed by atoms with Crippen molar-refractivity contribution < 1.29 is 14.3 Å². The normalized spacial score (nSPS) is 14.8. The zero-order valence-electron chi connectivity index (χ0n) is 13.7. The number of benzene rings is 1. The number of aliphatic hydroxyl groups excluding tert-OH is 1. The summed E-state index contributed by atoms with van der Waals surface area (Å²) in [4.78, 5) is 12.4. The van der Waals surface area contributed by atoms with Gasteiger partial charge in [-0.2, -0.15) is 0 Å². The van der Waals surface area contributed by atoms with Gasteiger partial charge in [-0.05, 0) is 30.9 Å². The van der Waals surface area contributed by atoms with Crippen molar-refractivity contribution in [2.24, 2.45) is 5.41 Å². The van der Waals surface area contributed by atoms with Crippen LogP contribution in [-0.4, -0.2) is 23.7 Å². The molecule has 0 saturated carbocycles. The fourth-order valence-electron chi connectivity index (χ4n) is 2.57. The molecule has 2 unspecified atom stereocenters. The highest BCUT2D eigenvalue weighted by molar-refractivity contribution is 5.85. The highest BCUT2D eigenvalue weighted by Crippen LogP contribution is 2.26. The quantitative estimate of drug-likeness (QED) is 0.889. The number of hydrogen-bond acceptors (Lipinski definition) is 3. The largest absolute Gasteiger partial charge is 0.460 e. The number of aliphatic hydroxyl groups is 1. The zero-order valence-corrected chi connectivity index (χ0v) is 13.7. The maximum Gasteiger partial charge on any atom is 0.230 e. The Labute approximate surface area is 131 Å². The minimum absolute atomic E-state index is 0.0449. The molecule has 0 spiro atoms. The molecule has 0 saturated heterocycles. The van der Waals surface area contributed by atoms with Crippen molar-refractivity contribution in [3.8, 4) is 0 Å². The number of fused-ring (bicyclic) bond motifs is 1. The highest BCUT2D eigenvalue weighted by Gasteiger charge is 2.24. The summed E-state index contributed by atoms with van der Waals surface area (Å²) in [5.41, 5.74) is 0.828. The predicted octanol–water partition coefficient (Wildman–Crippen LogP) is 3.45. The van der Waals surface area contributed by atoms with Crippen LogP contribution in [0.2, 0.25) is 0 Å². The van der Waals surface area contributed by atoms with Gasteiger partial charge >= 0.3 is 0 Å². The van der Waals surface area contributed by atoms with Gasteiger partial charge in [0.1, 0.15) is 11.3 Å². The van der Waals surface area contributed by atoms with E-state index >= 15 is 0 Å². The topological polar surface area (TPSA) is 62.5 Å². The molecule has 1 aromatic carbocycles. The van der Waals surface area contributed by atoms with Crippen molar-refractivity contribution in [2.75, 3.05) is 6.61 Å². The Morgan fingerprint density at radius 1 is 1.32 bits per heavy atom. The Bertz CT molecular complexity index is 606. The van der Waals surface area contributed by atoms with Crippen molar-refractivity contribution in [3.05, 3.63) is 36.1 Å². The van der Waals surface area contributed by atoms with Gasteiger partial charge in [-0.15, -0.1) is 0 Å². The van der Waals surface area contributed by atoms with E-state index in [2.05, 4.69) is 26.1 Å². The van der Waals surface area contributed by atoms with E-state index in [1.165, 1.54) is 0 Å². The first-order valence-electron chi connectivity index (χ1n) is 7.70. The molecule has 120 valence electrons. The number of hydrogen-bond donors (Lipinski definition) is 2. The fraction of sp³-hybridized carbons (Fsp3) is 0.500. The molecule has 4 heteroatoms. The molecule has 2 rings (SSSR count). The molecule has 0 aliphatic carbocycles. The molecule has 2 N–H and O–H groups in total. The van der Waals surface area contributed by atoms with Gasteiger partial charge in [0.05, 0.1) is 18.6 Å². The first-order chi connectivity index (χ1) is 10.3. The summed E-state index contributed by atoms with van der Waals surface area (Å²) in [6, 6.07) is 9.36. The third-order valence-corrected chi connectivity index (χ3v) is 3.69. The smallest absolute Gasteiger partial charge is 0.230 e. The van der Waals surface area contributed by atoms with Crippen LogP contribution in [0.5, 0.6) is 0 Å². The first kappa shape index (κ1) is 16.6. The number of para-hydroxylation sites is 1. The number of amides is 1. The molecule has 0 aliphatic heterocycles. The maximum atomic E-state index is 12.4. The van der Waals surface area contributed by atoms with Gasteiger partial charge < -0.3 is 14.8 Å². The monoisotopic (exact) mass is 303 g/mol.